The Hall–Kier alpha value is 0.300. The van der Waals surface area contributed by atoms with Gasteiger partial charge in [-0.3, -0.25) is 0 Å². The van der Waals surface area contributed by atoms with E-state index in [4.69, 9.17) is 11.6 Å². The Labute approximate surface area is 56.2 Å². The van der Waals surface area contributed by atoms with Gasteiger partial charge < -0.3 is 4.55 Å². The van der Waals surface area contributed by atoms with Crippen molar-refractivity contribution in [2.75, 3.05) is 0 Å². The fraction of sp³-hybridized carbons (Fsp3) is 0.500. The molecule has 2 atom stereocenters. The molecular formula is C4H6ClNOS. The second-order valence-corrected chi connectivity index (χ2v) is 3.14. The van der Waals surface area contributed by atoms with E-state index in [9.17, 15) is 4.55 Å². The smallest absolute Gasteiger partial charge is 0.152 e. The number of halogens is 1. The summed E-state index contributed by atoms with van der Waals surface area (Å²) in [5.74, 6) is 0. The third-order valence-electron chi connectivity index (χ3n) is 0.912. The molecule has 2 unspecified atom stereocenters. The van der Waals surface area contributed by atoms with Crippen LogP contribution in [0.2, 0.25) is 0 Å². The van der Waals surface area contributed by atoms with Crippen LogP contribution < -0.4 is 4.72 Å². The van der Waals surface area contributed by atoms with Gasteiger partial charge in [0.1, 0.15) is 5.41 Å². The van der Waals surface area contributed by atoms with Crippen LogP contribution in [0.25, 0.3) is 0 Å². The second-order valence-electron chi connectivity index (χ2n) is 1.64. The quantitative estimate of drug-likeness (QED) is 0.315. The molecule has 0 bridgehead atoms. The van der Waals surface area contributed by atoms with Gasteiger partial charge in [-0.2, -0.15) is 0 Å². The SMILES string of the molecule is CC1=C[S+]([O-])NC1Cl. The molecule has 0 aromatic carbocycles. The largest absolute Gasteiger partial charge is 0.593 e. The maximum Gasteiger partial charge on any atom is 0.152 e. The zero-order chi connectivity index (χ0) is 6.15. The van der Waals surface area contributed by atoms with Gasteiger partial charge in [0.15, 0.2) is 5.50 Å². The van der Waals surface area contributed by atoms with Crippen molar-refractivity contribution >= 4 is 23.0 Å². The molecule has 1 N–H and O–H groups in total. The van der Waals surface area contributed by atoms with Crippen molar-refractivity contribution in [3.05, 3.63) is 11.0 Å². The highest BCUT2D eigenvalue weighted by Gasteiger charge is 2.22. The average Bonchev–Trinajstić information content (AvgIpc) is 1.85. The molecule has 0 radical (unpaired) electrons. The zero-order valence-corrected chi connectivity index (χ0v) is 5.92. The van der Waals surface area contributed by atoms with Gasteiger partial charge in [0, 0.05) is 5.57 Å². The predicted octanol–water partition coefficient (Wildman–Crippen LogP) is 0.722. The fourth-order valence-corrected chi connectivity index (χ4v) is 1.79. The van der Waals surface area contributed by atoms with E-state index >= 15 is 0 Å². The summed E-state index contributed by atoms with van der Waals surface area (Å²) >= 11 is 4.56. The van der Waals surface area contributed by atoms with Crippen molar-refractivity contribution in [1.82, 2.24) is 4.72 Å². The molecule has 1 aliphatic heterocycles. The van der Waals surface area contributed by atoms with Crippen LogP contribution in [-0.4, -0.2) is 10.1 Å². The number of hydrogen-bond donors (Lipinski definition) is 1. The minimum Gasteiger partial charge on any atom is -0.593 e. The summed E-state index contributed by atoms with van der Waals surface area (Å²) in [6, 6.07) is 0. The molecule has 0 saturated carbocycles. The predicted molar refractivity (Wildman–Crippen MR) is 34.7 cm³/mol. The molecule has 0 saturated heterocycles. The number of hydrogen-bond acceptors (Lipinski definition) is 2. The minimum absolute atomic E-state index is 0.226. The highest BCUT2D eigenvalue weighted by atomic mass is 35.5. The molecule has 0 fully saturated rings. The number of nitrogens with one attached hydrogen (secondary N) is 1. The summed E-state index contributed by atoms with van der Waals surface area (Å²) in [4.78, 5) is 0. The first-order chi connectivity index (χ1) is 3.70. The van der Waals surface area contributed by atoms with Gasteiger partial charge in [-0.1, -0.05) is 11.6 Å². The van der Waals surface area contributed by atoms with Gasteiger partial charge in [-0.15, -0.1) is 4.72 Å². The summed E-state index contributed by atoms with van der Waals surface area (Å²) in [5, 5.41) is 1.61. The van der Waals surface area contributed by atoms with Crippen LogP contribution in [0.1, 0.15) is 6.92 Å². The average molecular weight is 152 g/mol. The molecule has 0 aliphatic carbocycles. The Morgan fingerprint density at radius 2 is 2.62 bits per heavy atom. The first-order valence-electron chi connectivity index (χ1n) is 2.19. The molecular weight excluding hydrogens is 146 g/mol. The first kappa shape index (κ1) is 6.42. The third-order valence-corrected chi connectivity index (χ3v) is 2.55. The molecule has 1 heterocycles. The molecule has 46 valence electrons. The van der Waals surface area contributed by atoms with Crippen LogP contribution in [0.5, 0.6) is 0 Å². The van der Waals surface area contributed by atoms with Crippen molar-refractivity contribution in [1.29, 1.82) is 0 Å². The highest BCUT2D eigenvalue weighted by Crippen LogP contribution is 2.15. The van der Waals surface area contributed by atoms with E-state index in [1.54, 1.807) is 5.41 Å². The minimum atomic E-state index is -1.03. The lowest BCUT2D eigenvalue weighted by Gasteiger charge is -1.99. The van der Waals surface area contributed by atoms with Crippen LogP contribution >= 0.6 is 11.6 Å². The maximum atomic E-state index is 10.5. The van der Waals surface area contributed by atoms with Crippen molar-refractivity contribution in [3.63, 3.8) is 0 Å². The van der Waals surface area contributed by atoms with Crippen LogP contribution in [0, 0.1) is 0 Å². The van der Waals surface area contributed by atoms with E-state index in [0.717, 1.165) is 5.57 Å². The van der Waals surface area contributed by atoms with Crippen molar-refractivity contribution in [2.45, 2.75) is 12.4 Å². The van der Waals surface area contributed by atoms with Crippen molar-refractivity contribution < 1.29 is 4.55 Å². The topological polar surface area (TPSA) is 35.1 Å². The monoisotopic (exact) mass is 151 g/mol. The Bertz CT molecular complexity index is 127. The van der Waals surface area contributed by atoms with Crippen LogP contribution in [0.3, 0.4) is 0 Å². The lowest BCUT2D eigenvalue weighted by molar-refractivity contribution is 0.594. The van der Waals surface area contributed by atoms with Gasteiger partial charge in [0.05, 0.1) is 11.4 Å². The molecule has 0 aromatic heterocycles. The summed E-state index contributed by atoms with van der Waals surface area (Å²) in [6.07, 6.45) is 0. The van der Waals surface area contributed by atoms with E-state index in [1.807, 2.05) is 6.92 Å². The lowest BCUT2D eigenvalue weighted by Crippen LogP contribution is -2.22. The maximum absolute atomic E-state index is 10.5. The first-order valence-corrected chi connectivity index (χ1v) is 3.84. The zero-order valence-electron chi connectivity index (χ0n) is 4.35. The van der Waals surface area contributed by atoms with Crippen molar-refractivity contribution in [2.24, 2.45) is 0 Å². The van der Waals surface area contributed by atoms with Gasteiger partial charge in [0.25, 0.3) is 0 Å². The van der Waals surface area contributed by atoms with E-state index in [0.29, 0.717) is 0 Å². The molecule has 1 aliphatic rings. The van der Waals surface area contributed by atoms with E-state index in [-0.39, 0.29) is 5.50 Å². The highest BCUT2D eigenvalue weighted by molar-refractivity contribution is 7.92. The lowest BCUT2D eigenvalue weighted by atomic mass is 10.4. The Balaban J connectivity index is 2.59. The van der Waals surface area contributed by atoms with Gasteiger partial charge in [-0.25, -0.2) is 0 Å². The molecule has 8 heavy (non-hydrogen) atoms. The molecule has 0 spiro atoms. The molecule has 1 rings (SSSR count). The van der Waals surface area contributed by atoms with Gasteiger partial charge >= 0.3 is 0 Å². The Kier molecular flexibility index (Phi) is 1.82. The summed E-state index contributed by atoms with van der Waals surface area (Å²) in [5.41, 5.74) is 0.709. The van der Waals surface area contributed by atoms with Crippen LogP contribution in [0.4, 0.5) is 0 Å². The normalized spacial score (nSPS) is 37.6. The number of rotatable bonds is 0. The van der Waals surface area contributed by atoms with Gasteiger partial charge in [-0.05, 0) is 6.92 Å². The summed E-state index contributed by atoms with van der Waals surface area (Å²) < 4.78 is 13.1. The van der Waals surface area contributed by atoms with Crippen LogP contribution in [-0.2, 0) is 11.4 Å². The van der Waals surface area contributed by atoms with E-state index < -0.39 is 11.4 Å². The number of alkyl halides is 1. The summed E-state index contributed by atoms with van der Waals surface area (Å²) in [6.45, 7) is 1.84. The molecule has 4 heteroatoms. The molecule has 2 nitrogen and oxygen atoms in total. The van der Waals surface area contributed by atoms with Gasteiger partial charge in [0.2, 0.25) is 0 Å². The van der Waals surface area contributed by atoms with E-state index in [1.165, 1.54) is 0 Å². The molecule has 0 aromatic rings. The van der Waals surface area contributed by atoms with Crippen molar-refractivity contribution in [3.8, 4) is 0 Å². The van der Waals surface area contributed by atoms with E-state index in [2.05, 4.69) is 4.72 Å². The second kappa shape index (κ2) is 2.27. The Morgan fingerprint density at radius 1 is 2.00 bits per heavy atom. The fourth-order valence-electron chi connectivity index (χ4n) is 0.458. The third kappa shape index (κ3) is 1.17. The molecule has 0 amide bonds. The summed E-state index contributed by atoms with van der Waals surface area (Å²) in [7, 11) is 0. The van der Waals surface area contributed by atoms with Crippen LogP contribution in [0.15, 0.2) is 11.0 Å². The standard InChI is InChI=1S/C4H6ClNOS/c1-3-2-8(7)6-4(3)5/h2,4,6H,1H3. The Morgan fingerprint density at radius 3 is 2.75 bits per heavy atom.